The van der Waals surface area contributed by atoms with Gasteiger partial charge in [0.15, 0.2) is 0 Å². The Labute approximate surface area is 190 Å². The van der Waals surface area contributed by atoms with E-state index in [2.05, 4.69) is 0 Å². The Hall–Kier alpha value is -1.29. The van der Waals surface area contributed by atoms with E-state index in [1.807, 2.05) is 0 Å². The maximum Gasteiger partial charge on any atom is 0.465 e. The summed E-state index contributed by atoms with van der Waals surface area (Å²) in [5.41, 5.74) is 0. The van der Waals surface area contributed by atoms with Crippen molar-refractivity contribution < 1.29 is 136 Å². The van der Waals surface area contributed by atoms with E-state index in [4.69, 9.17) is 15.3 Å². The molecule has 3 N–H and O–H groups in total. The van der Waals surface area contributed by atoms with Crippen molar-refractivity contribution in [3.05, 3.63) is 0 Å². The van der Waals surface area contributed by atoms with Crippen LogP contribution in [-0.2, 0) is 14.4 Å². The fourth-order valence-corrected chi connectivity index (χ4v) is 0.364. The van der Waals surface area contributed by atoms with E-state index >= 15 is 0 Å². The number of hydrogen-bond acceptors (Lipinski definition) is 3. The Morgan fingerprint density at radius 3 is 0.484 bits per heavy atom. The molecule has 0 aromatic rings. The number of halogens is 15. The number of aliphatic carboxylic acids is 3. The number of carboxylic acids is 3. The third kappa shape index (κ3) is 10.7. The van der Waals surface area contributed by atoms with Gasteiger partial charge in [-0.05, 0) is 0 Å². The first-order valence-corrected chi connectivity index (χ1v) is 5.62. The molecule has 0 aromatic carbocycles. The minimum absolute atomic E-state index is 0. The van der Waals surface area contributed by atoms with E-state index in [9.17, 15) is 80.2 Å². The van der Waals surface area contributed by atoms with Crippen LogP contribution in [0.25, 0.3) is 0 Å². The molecular weight excluding hydrogens is 633 g/mol. The minimum Gasteiger partial charge on any atom is -0.477 e. The van der Waals surface area contributed by atoms with Crippen LogP contribution in [0, 0.1) is 40.8 Å². The van der Waals surface area contributed by atoms with Crippen LogP contribution in [0.15, 0.2) is 0 Å². The molecule has 0 bridgehead atoms. The van der Waals surface area contributed by atoms with Gasteiger partial charge in [-0.3, -0.25) is 0 Å². The van der Waals surface area contributed by atoms with Crippen LogP contribution in [-0.4, -0.2) is 69.5 Å². The zero-order valence-electron chi connectivity index (χ0n) is 13.2. The molecule has 184 valence electrons. The summed E-state index contributed by atoms with van der Waals surface area (Å²) < 4.78 is 167. The van der Waals surface area contributed by atoms with E-state index in [1.54, 1.807) is 0 Å². The molecule has 0 aliphatic rings. The molecule has 22 heteroatoms. The SMILES string of the molecule is O=C(O)C(F)(F)C(F)(F)F.O=C(O)C(F)(F)C(F)(F)F.O=C(O)C(F)(F)C(F)(F)F.[Nd]. The molecule has 0 heterocycles. The summed E-state index contributed by atoms with van der Waals surface area (Å²) in [6.07, 6.45) is -18.0. The topological polar surface area (TPSA) is 112 Å². The Bertz CT molecular complexity index is 534. The average molecular weight is 636 g/mol. The van der Waals surface area contributed by atoms with E-state index in [0.717, 1.165) is 0 Å². The molecule has 6 nitrogen and oxygen atoms in total. The van der Waals surface area contributed by atoms with Gasteiger partial charge in [0.25, 0.3) is 0 Å². The van der Waals surface area contributed by atoms with Gasteiger partial charge in [-0.1, -0.05) is 0 Å². The molecule has 0 aromatic heterocycles. The third-order valence-electron chi connectivity index (χ3n) is 1.87. The van der Waals surface area contributed by atoms with E-state index in [-0.39, 0.29) is 40.8 Å². The molecule has 0 spiro atoms. The predicted octanol–water partition coefficient (Wildman–Crippen LogP) is 3.81. The number of hydrogen-bond donors (Lipinski definition) is 3. The van der Waals surface area contributed by atoms with E-state index < -0.39 is 54.2 Å². The van der Waals surface area contributed by atoms with Gasteiger partial charge in [0.05, 0.1) is 0 Å². The second-order valence-corrected chi connectivity index (χ2v) is 4.13. The number of carbonyl (C=O) groups is 3. The minimum atomic E-state index is -6.02. The van der Waals surface area contributed by atoms with Crippen LogP contribution in [0.1, 0.15) is 0 Å². The van der Waals surface area contributed by atoms with Gasteiger partial charge >= 0.3 is 54.2 Å². The van der Waals surface area contributed by atoms with Crippen LogP contribution >= 0.6 is 0 Å². The number of alkyl halides is 15. The quantitative estimate of drug-likeness (QED) is 0.407. The van der Waals surface area contributed by atoms with Crippen molar-refractivity contribution >= 4 is 17.9 Å². The zero-order valence-corrected chi connectivity index (χ0v) is 16.4. The van der Waals surface area contributed by atoms with Crippen molar-refractivity contribution in [3.8, 4) is 0 Å². The van der Waals surface area contributed by atoms with Gasteiger partial charge in [0, 0.05) is 40.8 Å². The fraction of sp³-hybridized carbons (Fsp3) is 0.667. The van der Waals surface area contributed by atoms with Crippen molar-refractivity contribution in [2.75, 3.05) is 0 Å². The summed E-state index contributed by atoms with van der Waals surface area (Å²) in [7, 11) is 0. The van der Waals surface area contributed by atoms with Gasteiger partial charge in [0.1, 0.15) is 0 Å². The van der Waals surface area contributed by atoms with E-state index in [1.165, 1.54) is 0 Å². The van der Waals surface area contributed by atoms with E-state index in [0.29, 0.717) is 0 Å². The molecule has 0 rings (SSSR count). The average Bonchev–Trinajstić information content (AvgIpc) is 2.44. The van der Waals surface area contributed by atoms with Gasteiger partial charge in [-0.15, -0.1) is 0 Å². The molecule has 0 unspecified atom stereocenters. The fourth-order valence-electron chi connectivity index (χ4n) is 0.364. The summed E-state index contributed by atoms with van der Waals surface area (Å²) >= 11 is 0. The summed E-state index contributed by atoms with van der Waals surface area (Å²) in [4.78, 5) is 27.6. The maximum atomic E-state index is 11.3. The molecule has 31 heavy (non-hydrogen) atoms. The first kappa shape index (κ1) is 37.0. The number of carboxylic acid groups (broad SMARTS) is 3. The molecule has 0 saturated carbocycles. The summed E-state index contributed by atoms with van der Waals surface area (Å²) in [5.74, 6) is -26.5. The maximum absolute atomic E-state index is 11.3. The van der Waals surface area contributed by atoms with Crippen LogP contribution in [0.5, 0.6) is 0 Å². The molecule has 0 amide bonds. The molecular formula is C9H3F15NdO6. The van der Waals surface area contributed by atoms with Gasteiger partial charge in [-0.2, -0.15) is 65.9 Å². The van der Waals surface area contributed by atoms with Crippen LogP contribution in [0.4, 0.5) is 65.9 Å². The summed E-state index contributed by atoms with van der Waals surface area (Å²) in [6.45, 7) is 0. The Kier molecular flexibility index (Phi) is 13.8. The molecule has 0 radical (unpaired) electrons. The third-order valence-corrected chi connectivity index (χ3v) is 1.87. The Balaban J connectivity index is -0.000000174. The second-order valence-electron chi connectivity index (χ2n) is 4.13. The number of rotatable bonds is 3. The van der Waals surface area contributed by atoms with Crippen molar-refractivity contribution in [1.82, 2.24) is 0 Å². The monoisotopic (exact) mass is 634 g/mol. The standard InChI is InChI=1S/3C3HF5O2.Nd/c3*4-2(5,1(9)10)3(6,7)8;/h3*(H,9,10);. The molecule has 0 atom stereocenters. The van der Waals surface area contributed by atoms with Crippen molar-refractivity contribution in [2.24, 2.45) is 0 Å². The normalized spacial score (nSPS) is 12.9. The predicted molar refractivity (Wildman–Crippen MR) is 55.9 cm³/mol. The largest absolute Gasteiger partial charge is 0.477 e. The Morgan fingerprint density at radius 1 is 0.387 bits per heavy atom. The smallest absolute Gasteiger partial charge is 0.465 e. The molecule has 0 fully saturated rings. The van der Waals surface area contributed by atoms with Gasteiger partial charge in [0.2, 0.25) is 0 Å². The second kappa shape index (κ2) is 11.5. The van der Waals surface area contributed by atoms with Gasteiger partial charge < -0.3 is 15.3 Å². The van der Waals surface area contributed by atoms with Crippen molar-refractivity contribution in [1.29, 1.82) is 0 Å². The van der Waals surface area contributed by atoms with Crippen LogP contribution in [0.3, 0.4) is 0 Å². The first-order valence-electron chi connectivity index (χ1n) is 5.62. The zero-order chi connectivity index (χ0) is 25.7. The first-order chi connectivity index (χ1) is 12.6. The summed E-state index contributed by atoms with van der Waals surface area (Å²) in [6, 6.07) is 0. The van der Waals surface area contributed by atoms with Crippen molar-refractivity contribution in [3.63, 3.8) is 0 Å². The van der Waals surface area contributed by atoms with Gasteiger partial charge in [-0.25, -0.2) is 14.4 Å². The van der Waals surface area contributed by atoms with Crippen molar-refractivity contribution in [2.45, 2.75) is 36.3 Å². The molecule has 0 saturated heterocycles. The summed E-state index contributed by atoms with van der Waals surface area (Å²) in [5, 5.41) is 21.9. The van der Waals surface area contributed by atoms with Crippen LogP contribution in [0.2, 0.25) is 0 Å². The van der Waals surface area contributed by atoms with Crippen LogP contribution < -0.4 is 0 Å². The molecule has 0 aliphatic heterocycles. The molecule has 0 aliphatic carbocycles. The Morgan fingerprint density at radius 2 is 0.484 bits per heavy atom.